The zero-order valence-corrected chi connectivity index (χ0v) is 15.9. The average molecular weight is 364 g/mol. The number of amides is 1. The van der Waals surface area contributed by atoms with Crippen LogP contribution < -0.4 is 5.32 Å². The minimum Gasteiger partial charge on any atom is -0.349 e. The van der Waals surface area contributed by atoms with Crippen molar-refractivity contribution in [3.8, 4) is 0 Å². The molecule has 1 aliphatic carbocycles. The quantitative estimate of drug-likeness (QED) is 0.893. The van der Waals surface area contributed by atoms with Gasteiger partial charge in [0.25, 0.3) is 5.91 Å². The summed E-state index contributed by atoms with van der Waals surface area (Å²) >= 11 is 0. The van der Waals surface area contributed by atoms with Gasteiger partial charge >= 0.3 is 0 Å². The second-order valence-electron chi connectivity index (χ2n) is 7.89. The molecule has 2 fully saturated rings. The maximum atomic E-state index is 12.4. The Bertz CT molecular complexity index is 726. The molecule has 2 atom stereocenters. The molecule has 27 heavy (non-hydrogen) atoms. The van der Waals surface area contributed by atoms with Gasteiger partial charge in [0.15, 0.2) is 0 Å². The first-order chi connectivity index (χ1) is 13.3. The molecule has 4 rings (SSSR count). The van der Waals surface area contributed by atoms with Gasteiger partial charge in [0.2, 0.25) is 0 Å². The smallest absolute Gasteiger partial charge is 0.253 e. The molecular formula is C23H29N3O. The Morgan fingerprint density at radius 3 is 2.48 bits per heavy atom. The summed E-state index contributed by atoms with van der Waals surface area (Å²) in [5.41, 5.74) is 2.14. The second-order valence-corrected chi connectivity index (χ2v) is 7.89. The SMILES string of the molecule is O=C(NC1CCN([C@@H]2CCCC[C@@H]2c2ccccc2)CC1)c1cccnc1. The van der Waals surface area contributed by atoms with Gasteiger partial charge in [-0.2, -0.15) is 0 Å². The van der Waals surface area contributed by atoms with Gasteiger partial charge in [-0.1, -0.05) is 43.2 Å². The maximum Gasteiger partial charge on any atom is 0.253 e. The van der Waals surface area contributed by atoms with E-state index in [0.717, 1.165) is 25.9 Å². The molecule has 1 saturated heterocycles. The largest absolute Gasteiger partial charge is 0.349 e. The Kier molecular flexibility index (Phi) is 5.83. The fraction of sp³-hybridized carbons (Fsp3) is 0.478. The minimum atomic E-state index is 0.00128. The Morgan fingerprint density at radius 2 is 1.74 bits per heavy atom. The van der Waals surface area contributed by atoms with E-state index < -0.39 is 0 Å². The van der Waals surface area contributed by atoms with E-state index in [1.54, 1.807) is 12.4 Å². The predicted octanol–water partition coefficient (Wildman–Crippen LogP) is 4.00. The number of hydrogen-bond donors (Lipinski definition) is 1. The van der Waals surface area contributed by atoms with Gasteiger partial charge in [0, 0.05) is 37.6 Å². The zero-order valence-electron chi connectivity index (χ0n) is 15.9. The standard InChI is InChI=1S/C23H29N3O/c27-23(19-9-6-14-24-17-19)25-20-12-15-26(16-13-20)22-11-5-4-10-21(22)18-7-2-1-3-8-18/h1-3,6-9,14,17,20-22H,4-5,10-13,15-16H2,(H,25,27)/t21-,22-/m1/s1. The van der Waals surface area contributed by atoms with Crippen LogP contribution in [-0.2, 0) is 0 Å². The fourth-order valence-electron chi connectivity index (χ4n) is 4.78. The summed E-state index contributed by atoms with van der Waals surface area (Å²) < 4.78 is 0. The number of piperidine rings is 1. The van der Waals surface area contributed by atoms with Crippen molar-refractivity contribution < 1.29 is 4.79 Å². The van der Waals surface area contributed by atoms with Crippen molar-refractivity contribution >= 4 is 5.91 Å². The summed E-state index contributed by atoms with van der Waals surface area (Å²) in [7, 11) is 0. The van der Waals surface area contributed by atoms with Crippen molar-refractivity contribution in [1.82, 2.24) is 15.2 Å². The number of carbonyl (C=O) groups is 1. The Labute approximate surface area is 162 Å². The van der Waals surface area contributed by atoms with Gasteiger partial charge in [-0.05, 0) is 49.3 Å². The number of hydrogen-bond acceptors (Lipinski definition) is 3. The molecule has 1 saturated carbocycles. The van der Waals surface area contributed by atoms with Crippen LogP contribution in [0.1, 0.15) is 60.4 Å². The number of pyridine rings is 1. The summed E-state index contributed by atoms with van der Waals surface area (Å²) in [4.78, 5) is 19.1. The lowest BCUT2D eigenvalue weighted by Crippen LogP contribution is -2.50. The predicted molar refractivity (Wildman–Crippen MR) is 108 cm³/mol. The molecular weight excluding hydrogens is 334 g/mol. The summed E-state index contributed by atoms with van der Waals surface area (Å²) in [5.74, 6) is 0.655. The normalized spacial score (nSPS) is 24.4. The van der Waals surface area contributed by atoms with Crippen LogP contribution in [0.25, 0.3) is 0 Å². The van der Waals surface area contributed by atoms with E-state index in [0.29, 0.717) is 17.5 Å². The third-order valence-electron chi connectivity index (χ3n) is 6.21. The molecule has 2 heterocycles. The Balaban J connectivity index is 1.35. The molecule has 0 unspecified atom stereocenters. The first-order valence-electron chi connectivity index (χ1n) is 10.3. The maximum absolute atomic E-state index is 12.4. The molecule has 1 aliphatic heterocycles. The lowest BCUT2D eigenvalue weighted by atomic mass is 9.78. The monoisotopic (exact) mass is 363 g/mol. The van der Waals surface area contributed by atoms with Crippen molar-refractivity contribution in [1.29, 1.82) is 0 Å². The highest BCUT2D eigenvalue weighted by atomic mass is 16.1. The molecule has 1 amide bonds. The Hall–Kier alpha value is -2.20. The van der Waals surface area contributed by atoms with E-state index in [1.807, 2.05) is 12.1 Å². The van der Waals surface area contributed by atoms with E-state index in [-0.39, 0.29) is 11.9 Å². The van der Waals surface area contributed by atoms with Crippen molar-refractivity contribution in [3.05, 3.63) is 66.0 Å². The summed E-state index contributed by atoms with van der Waals surface area (Å²) in [6.45, 7) is 2.15. The van der Waals surface area contributed by atoms with Gasteiger partial charge in [0.1, 0.15) is 0 Å². The third kappa shape index (κ3) is 4.38. The number of carbonyl (C=O) groups excluding carboxylic acids is 1. The highest BCUT2D eigenvalue weighted by molar-refractivity contribution is 5.94. The molecule has 142 valence electrons. The van der Waals surface area contributed by atoms with Crippen LogP contribution in [-0.4, -0.2) is 41.0 Å². The van der Waals surface area contributed by atoms with Crippen LogP contribution in [0.5, 0.6) is 0 Å². The summed E-state index contributed by atoms with van der Waals surface area (Å²) in [6, 6.07) is 15.6. The topological polar surface area (TPSA) is 45.2 Å². The average Bonchev–Trinajstić information content (AvgIpc) is 2.75. The molecule has 0 bridgehead atoms. The van der Waals surface area contributed by atoms with Gasteiger partial charge in [-0.3, -0.25) is 14.7 Å². The zero-order chi connectivity index (χ0) is 18.5. The van der Waals surface area contributed by atoms with E-state index in [1.165, 1.54) is 31.2 Å². The summed E-state index contributed by atoms with van der Waals surface area (Å²) in [6.07, 6.45) is 10.7. The van der Waals surface area contributed by atoms with Crippen molar-refractivity contribution in [2.75, 3.05) is 13.1 Å². The summed E-state index contributed by atoms with van der Waals surface area (Å²) in [5, 5.41) is 3.20. The van der Waals surface area contributed by atoms with E-state index >= 15 is 0 Å². The molecule has 1 N–H and O–H groups in total. The molecule has 2 aromatic rings. The number of aromatic nitrogens is 1. The fourth-order valence-corrected chi connectivity index (χ4v) is 4.78. The van der Waals surface area contributed by atoms with Gasteiger partial charge < -0.3 is 5.32 Å². The highest BCUT2D eigenvalue weighted by Gasteiger charge is 2.33. The van der Waals surface area contributed by atoms with E-state index in [9.17, 15) is 4.79 Å². The van der Waals surface area contributed by atoms with Gasteiger partial charge in [-0.25, -0.2) is 0 Å². The molecule has 1 aromatic heterocycles. The molecule has 4 nitrogen and oxygen atoms in total. The number of likely N-dealkylation sites (tertiary alicyclic amines) is 1. The van der Waals surface area contributed by atoms with Gasteiger partial charge in [-0.15, -0.1) is 0 Å². The van der Waals surface area contributed by atoms with Gasteiger partial charge in [0.05, 0.1) is 5.56 Å². The van der Waals surface area contributed by atoms with Crippen molar-refractivity contribution in [2.24, 2.45) is 0 Å². The minimum absolute atomic E-state index is 0.00128. The lowest BCUT2D eigenvalue weighted by molar-refractivity contribution is 0.0830. The van der Waals surface area contributed by atoms with Crippen LogP contribution >= 0.6 is 0 Å². The van der Waals surface area contributed by atoms with Crippen LogP contribution in [0.3, 0.4) is 0 Å². The highest BCUT2D eigenvalue weighted by Crippen LogP contribution is 2.37. The van der Waals surface area contributed by atoms with E-state index in [2.05, 4.69) is 45.5 Å². The molecule has 4 heteroatoms. The third-order valence-corrected chi connectivity index (χ3v) is 6.21. The molecule has 2 aliphatic rings. The number of benzene rings is 1. The lowest BCUT2D eigenvalue weighted by Gasteiger charge is -2.43. The number of rotatable bonds is 4. The first-order valence-corrected chi connectivity index (χ1v) is 10.3. The second kappa shape index (κ2) is 8.66. The molecule has 0 spiro atoms. The number of nitrogens with one attached hydrogen (secondary N) is 1. The van der Waals surface area contributed by atoms with E-state index in [4.69, 9.17) is 0 Å². The molecule has 0 radical (unpaired) electrons. The van der Waals surface area contributed by atoms with Crippen molar-refractivity contribution in [3.63, 3.8) is 0 Å². The van der Waals surface area contributed by atoms with Crippen molar-refractivity contribution in [2.45, 2.75) is 56.5 Å². The van der Waals surface area contributed by atoms with Crippen LogP contribution in [0.15, 0.2) is 54.9 Å². The Morgan fingerprint density at radius 1 is 0.963 bits per heavy atom. The van der Waals surface area contributed by atoms with Crippen LogP contribution in [0.2, 0.25) is 0 Å². The first kappa shape index (κ1) is 18.2. The number of nitrogens with zero attached hydrogens (tertiary/aromatic N) is 2. The molecule has 1 aromatic carbocycles. The van der Waals surface area contributed by atoms with Crippen LogP contribution in [0, 0.1) is 0 Å². The van der Waals surface area contributed by atoms with Crippen LogP contribution in [0.4, 0.5) is 0 Å².